The molecule has 0 saturated carbocycles. The number of aryl methyl sites for hydroxylation is 1. The molecule has 0 aliphatic heterocycles. The van der Waals surface area contributed by atoms with E-state index in [2.05, 4.69) is 5.32 Å². The number of benzene rings is 3. The number of amides is 1. The summed E-state index contributed by atoms with van der Waals surface area (Å²) in [6.45, 7) is 1.79. The van der Waals surface area contributed by atoms with E-state index in [1.54, 1.807) is 19.2 Å². The second kappa shape index (κ2) is 9.52. The molecule has 0 aromatic heterocycles. The van der Waals surface area contributed by atoms with E-state index in [1.807, 2.05) is 60.7 Å². The lowest BCUT2D eigenvalue weighted by atomic mass is 9.86. The van der Waals surface area contributed by atoms with Crippen LogP contribution in [0.5, 0.6) is 11.5 Å². The topological polar surface area (TPSA) is 64.6 Å². The first-order valence-electron chi connectivity index (χ1n) is 10.5. The molecule has 5 nitrogen and oxygen atoms in total. The molecular weight excluding hydrogens is 402 g/mol. The van der Waals surface area contributed by atoms with Gasteiger partial charge in [0, 0.05) is 29.3 Å². The fourth-order valence-corrected chi connectivity index (χ4v) is 3.85. The molecule has 0 bridgehead atoms. The fourth-order valence-electron chi connectivity index (χ4n) is 3.85. The molecule has 4 rings (SSSR count). The van der Waals surface area contributed by atoms with E-state index in [0.717, 1.165) is 52.1 Å². The minimum atomic E-state index is -0.116. The van der Waals surface area contributed by atoms with Gasteiger partial charge in [-0.3, -0.25) is 9.59 Å². The Balaban J connectivity index is 1.51. The molecule has 0 fully saturated rings. The van der Waals surface area contributed by atoms with E-state index in [1.165, 1.54) is 6.92 Å². The van der Waals surface area contributed by atoms with E-state index in [-0.39, 0.29) is 11.7 Å². The van der Waals surface area contributed by atoms with E-state index >= 15 is 0 Å². The van der Waals surface area contributed by atoms with Crippen LogP contribution in [0.2, 0.25) is 0 Å². The quantitative estimate of drug-likeness (QED) is 0.532. The molecule has 3 aromatic carbocycles. The number of allylic oxidation sites excluding steroid dienone is 1. The Labute approximate surface area is 187 Å². The van der Waals surface area contributed by atoms with Crippen molar-refractivity contribution < 1.29 is 19.1 Å². The van der Waals surface area contributed by atoms with Crippen molar-refractivity contribution in [2.45, 2.75) is 26.4 Å². The Morgan fingerprint density at radius 3 is 2.56 bits per heavy atom. The van der Waals surface area contributed by atoms with Gasteiger partial charge in [-0.1, -0.05) is 30.3 Å². The van der Waals surface area contributed by atoms with Crippen molar-refractivity contribution in [3.63, 3.8) is 0 Å². The highest BCUT2D eigenvalue weighted by Gasteiger charge is 2.21. The maximum Gasteiger partial charge on any atom is 0.221 e. The molecule has 1 aliphatic carbocycles. The highest BCUT2D eigenvalue weighted by Crippen LogP contribution is 2.28. The fraction of sp³-hybridized carbons (Fsp3) is 0.185. The van der Waals surface area contributed by atoms with Crippen LogP contribution in [0.1, 0.15) is 40.4 Å². The highest BCUT2D eigenvalue weighted by molar-refractivity contribution is 6.13. The highest BCUT2D eigenvalue weighted by atomic mass is 16.5. The van der Waals surface area contributed by atoms with Crippen molar-refractivity contribution in [2.75, 3.05) is 12.4 Å². The van der Waals surface area contributed by atoms with Gasteiger partial charge >= 0.3 is 0 Å². The van der Waals surface area contributed by atoms with Crippen LogP contribution in [0.4, 0.5) is 5.69 Å². The summed E-state index contributed by atoms with van der Waals surface area (Å²) in [5, 5.41) is 2.73. The van der Waals surface area contributed by atoms with Crippen LogP contribution in [0.25, 0.3) is 6.08 Å². The van der Waals surface area contributed by atoms with Gasteiger partial charge in [0.1, 0.15) is 18.1 Å². The summed E-state index contributed by atoms with van der Waals surface area (Å²) in [6, 6.07) is 20.8. The van der Waals surface area contributed by atoms with Gasteiger partial charge in [-0.05, 0) is 66.4 Å². The summed E-state index contributed by atoms with van der Waals surface area (Å²) in [7, 11) is 1.63. The van der Waals surface area contributed by atoms with Crippen LogP contribution in [0, 0.1) is 0 Å². The molecule has 0 atom stereocenters. The zero-order chi connectivity index (χ0) is 22.5. The third kappa shape index (κ3) is 4.89. The van der Waals surface area contributed by atoms with Gasteiger partial charge in [0.15, 0.2) is 5.78 Å². The second-order valence-corrected chi connectivity index (χ2v) is 7.72. The maximum atomic E-state index is 12.9. The van der Waals surface area contributed by atoms with Crippen LogP contribution >= 0.6 is 0 Å². The predicted molar refractivity (Wildman–Crippen MR) is 125 cm³/mol. The van der Waals surface area contributed by atoms with Crippen LogP contribution in [0.3, 0.4) is 0 Å². The molecule has 1 amide bonds. The van der Waals surface area contributed by atoms with E-state index < -0.39 is 0 Å². The zero-order valence-electron chi connectivity index (χ0n) is 18.2. The minimum absolute atomic E-state index is 0.0970. The van der Waals surface area contributed by atoms with Gasteiger partial charge in [-0.2, -0.15) is 0 Å². The Morgan fingerprint density at radius 2 is 1.81 bits per heavy atom. The van der Waals surface area contributed by atoms with Crippen LogP contribution in [-0.4, -0.2) is 18.8 Å². The largest absolute Gasteiger partial charge is 0.496 e. The molecule has 0 unspecified atom stereocenters. The van der Waals surface area contributed by atoms with Crippen molar-refractivity contribution in [1.29, 1.82) is 0 Å². The van der Waals surface area contributed by atoms with Crippen molar-refractivity contribution in [2.24, 2.45) is 0 Å². The summed E-state index contributed by atoms with van der Waals surface area (Å²) in [4.78, 5) is 24.0. The van der Waals surface area contributed by atoms with Crippen LogP contribution < -0.4 is 14.8 Å². The number of fused-ring (bicyclic) bond motifs is 1. The summed E-state index contributed by atoms with van der Waals surface area (Å²) < 4.78 is 11.4. The first kappa shape index (κ1) is 21.4. The number of anilines is 1. The monoisotopic (exact) mass is 427 g/mol. The Kier molecular flexibility index (Phi) is 6.36. The molecule has 0 spiro atoms. The number of carbonyl (C=O) groups excluding carboxylic acids is 2. The molecule has 5 heteroatoms. The summed E-state index contributed by atoms with van der Waals surface area (Å²) >= 11 is 0. The van der Waals surface area contributed by atoms with Gasteiger partial charge < -0.3 is 14.8 Å². The third-order valence-electron chi connectivity index (χ3n) is 5.43. The predicted octanol–water partition coefficient (Wildman–Crippen LogP) is 5.45. The van der Waals surface area contributed by atoms with E-state index in [0.29, 0.717) is 12.4 Å². The number of rotatable bonds is 6. The molecule has 1 aliphatic rings. The third-order valence-corrected chi connectivity index (χ3v) is 5.43. The Morgan fingerprint density at radius 1 is 1.03 bits per heavy atom. The first-order chi connectivity index (χ1) is 15.5. The average molecular weight is 428 g/mol. The van der Waals surface area contributed by atoms with Crippen molar-refractivity contribution in [1.82, 2.24) is 0 Å². The SMILES string of the molecule is COc1ccc(C=C2CCc3ccccc3C2=O)cc1COc1ccc(NC(C)=O)cc1. The lowest BCUT2D eigenvalue weighted by molar-refractivity contribution is -0.114. The number of nitrogens with one attached hydrogen (secondary N) is 1. The van der Waals surface area contributed by atoms with Gasteiger partial charge in [0.25, 0.3) is 0 Å². The molecular formula is C27H25NO4. The molecule has 3 aromatic rings. The van der Waals surface area contributed by atoms with Crippen molar-refractivity contribution >= 4 is 23.5 Å². The smallest absolute Gasteiger partial charge is 0.221 e. The lowest BCUT2D eigenvalue weighted by Gasteiger charge is -2.17. The second-order valence-electron chi connectivity index (χ2n) is 7.72. The van der Waals surface area contributed by atoms with Gasteiger partial charge in [0.2, 0.25) is 5.91 Å². The van der Waals surface area contributed by atoms with Crippen LogP contribution in [-0.2, 0) is 17.8 Å². The molecule has 1 N–H and O–H groups in total. The number of carbonyl (C=O) groups is 2. The number of hydrogen-bond donors (Lipinski definition) is 1. The van der Waals surface area contributed by atoms with E-state index in [9.17, 15) is 9.59 Å². The molecule has 0 saturated heterocycles. The van der Waals surface area contributed by atoms with Gasteiger partial charge in [-0.25, -0.2) is 0 Å². The van der Waals surface area contributed by atoms with Crippen molar-refractivity contribution in [3.05, 3.63) is 94.6 Å². The first-order valence-corrected chi connectivity index (χ1v) is 10.5. The number of Topliss-reactive ketones (excluding diaryl/α,β-unsaturated/α-hetero) is 1. The summed E-state index contributed by atoms with van der Waals surface area (Å²) in [5.41, 5.74) is 5.27. The van der Waals surface area contributed by atoms with Gasteiger partial charge in [0.05, 0.1) is 7.11 Å². The Bertz CT molecular complexity index is 1180. The van der Waals surface area contributed by atoms with Crippen molar-refractivity contribution in [3.8, 4) is 11.5 Å². The summed E-state index contributed by atoms with van der Waals surface area (Å²) in [6.07, 6.45) is 3.56. The number of ether oxygens (including phenoxy) is 2. The number of ketones is 1. The summed E-state index contributed by atoms with van der Waals surface area (Å²) in [5.74, 6) is 1.39. The Hall–Kier alpha value is -3.86. The average Bonchev–Trinajstić information content (AvgIpc) is 2.80. The number of methoxy groups -OCH3 is 1. The zero-order valence-corrected chi connectivity index (χ0v) is 18.2. The molecule has 32 heavy (non-hydrogen) atoms. The maximum absolute atomic E-state index is 12.9. The normalized spacial score (nSPS) is 14.1. The molecule has 0 radical (unpaired) electrons. The number of hydrogen-bond acceptors (Lipinski definition) is 4. The minimum Gasteiger partial charge on any atom is -0.496 e. The van der Waals surface area contributed by atoms with Crippen LogP contribution in [0.15, 0.2) is 72.3 Å². The molecule has 0 heterocycles. The molecule has 162 valence electrons. The lowest BCUT2D eigenvalue weighted by Crippen LogP contribution is -2.13. The van der Waals surface area contributed by atoms with E-state index in [4.69, 9.17) is 9.47 Å². The van der Waals surface area contributed by atoms with Gasteiger partial charge in [-0.15, -0.1) is 0 Å². The standard InChI is InChI=1S/C27H25NO4/c1-18(29)28-23-10-12-24(13-11-23)32-17-22-16-19(7-14-26(22)31-2)15-21-9-8-20-5-3-4-6-25(20)27(21)30/h3-7,10-16H,8-9,17H2,1-2H3,(H,28,29).